The first-order chi connectivity index (χ1) is 7.65. The number of likely N-dealkylation sites (N-methyl/N-ethyl adjacent to an activating group) is 1. The molecule has 88 valence electrons. The second kappa shape index (κ2) is 5.12. The maximum Gasteiger partial charge on any atom is 0.230 e. The summed E-state index contributed by atoms with van der Waals surface area (Å²) in [5, 5.41) is 0.211. The molecule has 1 aromatic rings. The van der Waals surface area contributed by atoms with Crippen molar-refractivity contribution in [3.8, 4) is 0 Å². The Hall–Kier alpha value is -0.650. The molecule has 0 spiro atoms. The van der Waals surface area contributed by atoms with Gasteiger partial charge < -0.3 is 9.64 Å². The van der Waals surface area contributed by atoms with E-state index in [9.17, 15) is 0 Å². The fourth-order valence-electron chi connectivity index (χ4n) is 1.66. The van der Waals surface area contributed by atoms with E-state index in [1.165, 1.54) is 0 Å². The van der Waals surface area contributed by atoms with Crippen LogP contribution < -0.4 is 4.90 Å². The van der Waals surface area contributed by atoms with Crippen molar-refractivity contribution in [2.75, 3.05) is 25.1 Å². The molecular formula is C9H12Cl2N4O. The van der Waals surface area contributed by atoms with Crippen molar-refractivity contribution in [1.29, 1.82) is 0 Å². The van der Waals surface area contributed by atoms with Crippen LogP contribution in [0.4, 0.5) is 5.95 Å². The molecule has 1 unspecified atom stereocenters. The minimum atomic E-state index is 0.106. The number of anilines is 1. The predicted molar refractivity (Wildman–Crippen MR) is 62.1 cm³/mol. The Balaban J connectivity index is 2.04. The minimum absolute atomic E-state index is 0.106. The van der Waals surface area contributed by atoms with Gasteiger partial charge in [0, 0.05) is 20.2 Å². The van der Waals surface area contributed by atoms with Gasteiger partial charge in [-0.2, -0.15) is 15.0 Å². The summed E-state index contributed by atoms with van der Waals surface area (Å²) >= 11 is 11.4. The Morgan fingerprint density at radius 1 is 1.31 bits per heavy atom. The lowest BCUT2D eigenvalue weighted by Crippen LogP contribution is -2.30. The molecule has 0 aromatic carbocycles. The monoisotopic (exact) mass is 262 g/mol. The molecule has 7 heteroatoms. The van der Waals surface area contributed by atoms with Crippen molar-refractivity contribution in [1.82, 2.24) is 15.0 Å². The highest BCUT2D eigenvalue weighted by atomic mass is 35.5. The minimum Gasteiger partial charge on any atom is -0.376 e. The highest BCUT2D eigenvalue weighted by molar-refractivity contribution is 6.31. The molecule has 0 N–H and O–H groups in total. The molecule has 1 aromatic heterocycles. The summed E-state index contributed by atoms with van der Waals surface area (Å²) in [6.07, 6.45) is 2.41. The van der Waals surface area contributed by atoms with Gasteiger partial charge in [0.15, 0.2) is 0 Å². The first kappa shape index (κ1) is 11.8. The molecule has 0 aliphatic carbocycles. The third kappa shape index (κ3) is 2.93. The molecule has 2 heterocycles. The number of ether oxygens (including phenoxy) is 1. The lowest BCUT2D eigenvalue weighted by Gasteiger charge is -2.20. The highest BCUT2D eigenvalue weighted by Gasteiger charge is 2.19. The molecule has 1 fully saturated rings. The molecule has 1 aliphatic heterocycles. The fraction of sp³-hybridized carbons (Fsp3) is 0.667. The Labute approximate surface area is 104 Å². The molecule has 1 atom stereocenters. The number of nitrogens with zero attached hydrogens (tertiary/aromatic N) is 4. The Morgan fingerprint density at radius 3 is 2.56 bits per heavy atom. The van der Waals surface area contributed by atoms with Crippen LogP contribution in [0.15, 0.2) is 0 Å². The van der Waals surface area contributed by atoms with E-state index in [0.717, 1.165) is 26.0 Å². The summed E-state index contributed by atoms with van der Waals surface area (Å²) in [6, 6.07) is 0. The zero-order valence-electron chi connectivity index (χ0n) is 8.86. The van der Waals surface area contributed by atoms with Crippen LogP contribution in [0.1, 0.15) is 12.8 Å². The van der Waals surface area contributed by atoms with Crippen LogP contribution in [0, 0.1) is 0 Å². The van der Waals surface area contributed by atoms with Gasteiger partial charge in [0.1, 0.15) is 0 Å². The largest absolute Gasteiger partial charge is 0.376 e. The number of hydrogen-bond donors (Lipinski definition) is 0. The highest BCUT2D eigenvalue weighted by Crippen LogP contribution is 2.17. The summed E-state index contributed by atoms with van der Waals surface area (Å²) in [6.45, 7) is 1.56. The second-order valence-corrected chi connectivity index (χ2v) is 4.37. The van der Waals surface area contributed by atoms with Crippen molar-refractivity contribution in [2.45, 2.75) is 18.9 Å². The summed E-state index contributed by atoms with van der Waals surface area (Å²) in [4.78, 5) is 13.6. The van der Waals surface area contributed by atoms with E-state index < -0.39 is 0 Å². The van der Waals surface area contributed by atoms with Crippen molar-refractivity contribution >= 4 is 29.2 Å². The molecule has 0 bridgehead atoms. The lowest BCUT2D eigenvalue weighted by atomic mass is 10.2. The molecule has 1 aliphatic rings. The number of halogens is 2. The van der Waals surface area contributed by atoms with Gasteiger partial charge in [0.25, 0.3) is 0 Å². The molecular weight excluding hydrogens is 251 g/mol. The van der Waals surface area contributed by atoms with E-state index in [1.54, 1.807) is 0 Å². The average molecular weight is 263 g/mol. The van der Waals surface area contributed by atoms with Gasteiger partial charge in [0.05, 0.1) is 6.10 Å². The average Bonchev–Trinajstić information content (AvgIpc) is 2.68. The summed E-state index contributed by atoms with van der Waals surface area (Å²) < 4.78 is 5.53. The van der Waals surface area contributed by atoms with Crippen molar-refractivity contribution in [2.24, 2.45) is 0 Å². The van der Waals surface area contributed by atoms with Crippen molar-refractivity contribution in [3.05, 3.63) is 10.6 Å². The Morgan fingerprint density at radius 2 is 2.00 bits per heavy atom. The van der Waals surface area contributed by atoms with Gasteiger partial charge in [0.2, 0.25) is 16.5 Å². The molecule has 16 heavy (non-hydrogen) atoms. The van der Waals surface area contributed by atoms with Gasteiger partial charge in [-0.1, -0.05) is 0 Å². The van der Waals surface area contributed by atoms with E-state index in [0.29, 0.717) is 5.95 Å². The number of rotatable bonds is 3. The zero-order valence-corrected chi connectivity index (χ0v) is 10.4. The van der Waals surface area contributed by atoms with E-state index in [2.05, 4.69) is 15.0 Å². The summed E-state index contributed by atoms with van der Waals surface area (Å²) in [7, 11) is 1.88. The first-order valence-corrected chi connectivity index (χ1v) is 5.80. The smallest absolute Gasteiger partial charge is 0.230 e. The van der Waals surface area contributed by atoms with Gasteiger partial charge in [-0.15, -0.1) is 0 Å². The third-order valence-corrected chi connectivity index (χ3v) is 2.75. The quantitative estimate of drug-likeness (QED) is 0.832. The second-order valence-electron chi connectivity index (χ2n) is 3.69. The molecule has 1 saturated heterocycles. The SMILES string of the molecule is CN(CC1CCCO1)c1nc(Cl)nc(Cl)n1. The van der Waals surface area contributed by atoms with Gasteiger partial charge in [-0.3, -0.25) is 0 Å². The molecule has 0 amide bonds. The van der Waals surface area contributed by atoms with E-state index in [1.807, 2.05) is 11.9 Å². The van der Waals surface area contributed by atoms with E-state index in [-0.39, 0.29) is 16.7 Å². The molecule has 5 nitrogen and oxygen atoms in total. The van der Waals surface area contributed by atoms with Crippen LogP contribution in [-0.2, 0) is 4.74 Å². The van der Waals surface area contributed by atoms with E-state index in [4.69, 9.17) is 27.9 Å². The standard InChI is InChI=1S/C9H12Cl2N4O/c1-15(5-6-3-2-4-16-6)9-13-7(10)12-8(11)14-9/h6H,2-5H2,1H3. The zero-order chi connectivity index (χ0) is 11.5. The Kier molecular flexibility index (Phi) is 3.78. The third-order valence-electron chi connectivity index (χ3n) is 2.41. The van der Waals surface area contributed by atoms with Crippen LogP contribution in [0.3, 0.4) is 0 Å². The summed E-state index contributed by atoms with van der Waals surface area (Å²) in [5.41, 5.74) is 0. The maximum atomic E-state index is 5.71. The Bertz CT molecular complexity index is 350. The fourth-order valence-corrected chi connectivity index (χ4v) is 2.02. The molecule has 0 saturated carbocycles. The van der Waals surface area contributed by atoms with Crippen LogP contribution in [0.25, 0.3) is 0 Å². The maximum absolute atomic E-state index is 5.71. The van der Waals surface area contributed by atoms with Crippen LogP contribution in [0.2, 0.25) is 10.6 Å². The van der Waals surface area contributed by atoms with Gasteiger partial charge in [-0.05, 0) is 36.0 Å². The van der Waals surface area contributed by atoms with E-state index >= 15 is 0 Å². The lowest BCUT2D eigenvalue weighted by molar-refractivity contribution is 0.116. The number of aromatic nitrogens is 3. The van der Waals surface area contributed by atoms with Crippen LogP contribution >= 0.6 is 23.2 Å². The summed E-state index contributed by atoms with van der Waals surface area (Å²) in [5.74, 6) is 0.473. The van der Waals surface area contributed by atoms with Gasteiger partial charge in [-0.25, -0.2) is 0 Å². The van der Waals surface area contributed by atoms with Crippen molar-refractivity contribution in [3.63, 3.8) is 0 Å². The molecule has 2 rings (SSSR count). The predicted octanol–water partition coefficient (Wildman–Crippen LogP) is 1.79. The van der Waals surface area contributed by atoms with Crippen molar-refractivity contribution < 1.29 is 4.74 Å². The normalized spacial score (nSPS) is 20.1. The van der Waals surface area contributed by atoms with Crippen LogP contribution in [-0.4, -0.2) is 41.3 Å². The van der Waals surface area contributed by atoms with Crippen LogP contribution in [0.5, 0.6) is 0 Å². The first-order valence-electron chi connectivity index (χ1n) is 5.05. The van der Waals surface area contributed by atoms with Gasteiger partial charge >= 0.3 is 0 Å². The molecule has 0 radical (unpaired) electrons. The number of hydrogen-bond acceptors (Lipinski definition) is 5. The topological polar surface area (TPSA) is 51.1 Å².